The maximum absolute atomic E-state index is 11.1. The molecular formula is C7H9Br2NO2. The van der Waals surface area contributed by atoms with E-state index in [0.29, 0.717) is 12.8 Å². The lowest BCUT2D eigenvalue weighted by atomic mass is 10.0. The summed E-state index contributed by atoms with van der Waals surface area (Å²) >= 11 is 6.69. The van der Waals surface area contributed by atoms with Crippen LogP contribution in [0.2, 0.25) is 0 Å². The molecule has 5 heteroatoms. The number of halogens is 2. The summed E-state index contributed by atoms with van der Waals surface area (Å²) < 4.78 is 0. The van der Waals surface area contributed by atoms with E-state index in [1.165, 1.54) is 0 Å². The van der Waals surface area contributed by atoms with Gasteiger partial charge in [0.25, 0.3) is 0 Å². The molecular weight excluding hydrogens is 290 g/mol. The van der Waals surface area contributed by atoms with Gasteiger partial charge in [-0.15, -0.1) is 0 Å². The molecule has 1 heterocycles. The second-order valence-electron chi connectivity index (χ2n) is 2.80. The van der Waals surface area contributed by atoms with Crippen LogP contribution in [0.3, 0.4) is 0 Å². The molecule has 2 amide bonds. The Labute approximate surface area is 87.5 Å². The predicted octanol–water partition coefficient (Wildman–Crippen LogP) is 1.20. The van der Waals surface area contributed by atoms with E-state index >= 15 is 0 Å². The Morgan fingerprint density at radius 1 is 1.58 bits per heavy atom. The number of hydrogen-bond donors (Lipinski definition) is 1. The molecule has 12 heavy (non-hydrogen) atoms. The summed E-state index contributed by atoms with van der Waals surface area (Å²) in [6.45, 7) is 0. The quantitative estimate of drug-likeness (QED) is 0.629. The van der Waals surface area contributed by atoms with Crippen molar-refractivity contribution in [2.24, 2.45) is 5.92 Å². The van der Waals surface area contributed by atoms with E-state index in [9.17, 15) is 9.59 Å². The number of carbonyl (C=O) groups excluding carboxylic acids is 2. The Morgan fingerprint density at radius 2 is 2.25 bits per heavy atom. The zero-order chi connectivity index (χ0) is 9.14. The van der Waals surface area contributed by atoms with Crippen LogP contribution in [0.5, 0.6) is 0 Å². The lowest BCUT2D eigenvalue weighted by molar-refractivity contribution is -0.125. The molecule has 1 fully saturated rings. The number of alkyl halides is 2. The number of carbonyl (C=O) groups is 2. The van der Waals surface area contributed by atoms with Crippen LogP contribution in [0.15, 0.2) is 0 Å². The van der Waals surface area contributed by atoms with Gasteiger partial charge in [0.2, 0.25) is 11.8 Å². The highest BCUT2D eigenvalue weighted by atomic mass is 79.9. The van der Waals surface area contributed by atoms with Gasteiger partial charge in [-0.25, -0.2) is 0 Å². The van der Waals surface area contributed by atoms with Crippen LogP contribution in [0.1, 0.15) is 12.8 Å². The largest absolute Gasteiger partial charge is 0.296 e. The molecule has 0 bridgehead atoms. The summed E-state index contributed by atoms with van der Waals surface area (Å²) in [4.78, 5) is 22.1. The molecule has 0 saturated carbocycles. The van der Waals surface area contributed by atoms with Crippen LogP contribution in [-0.2, 0) is 9.59 Å². The molecule has 1 N–H and O–H groups in total. The molecule has 1 aliphatic heterocycles. The number of nitrogens with one attached hydrogen (secondary N) is 1. The summed E-state index contributed by atoms with van der Waals surface area (Å²) in [6.07, 6.45) is 1.05. The van der Waals surface area contributed by atoms with Gasteiger partial charge in [0.1, 0.15) is 0 Å². The van der Waals surface area contributed by atoms with E-state index in [0.717, 1.165) is 5.33 Å². The van der Waals surface area contributed by atoms with E-state index in [4.69, 9.17) is 0 Å². The van der Waals surface area contributed by atoms with E-state index in [1.807, 2.05) is 0 Å². The van der Waals surface area contributed by atoms with Crippen molar-refractivity contribution in [2.45, 2.75) is 17.7 Å². The Morgan fingerprint density at radius 3 is 2.67 bits per heavy atom. The monoisotopic (exact) mass is 297 g/mol. The molecule has 3 nitrogen and oxygen atoms in total. The first-order valence-electron chi connectivity index (χ1n) is 3.67. The highest BCUT2D eigenvalue weighted by Crippen LogP contribution is 2.21. The van der Waals surface area contributed by atoms with Crippen molar-refractivity contribution in [3.05, 3.63) is 0 Å². The summed E-state index contributed by atoms with van der Waals surface area (Å²) in [6, 6.07) is 0. The first-order chi connectivity index (χ1) is 5.63. The van der Waals surface area contributed by atoms with E-state index in [1.54, 1.807) is 0 Å². The average molecular weight is 299 g/mol. The second kappa shape index (κ2) is 4.37. The first kappa shape index (κ1) is 10.2. The summed E-state index contributed by atoms with van der Waals surface area (Å²) in [5.74, 6) is -0.427. The van der Waals surface area contributed by atoms with Gasteiger partial charge in [0, 0.05) is 22.5 Å². The third-order valence-corrected chi connectivity index (χ3v) is 4.12. The molecule has 0 aromatic carbocycles. The van der Waals surface area contributed by atoms with Crippen LogP contribution < -0.4 is 5.32 Å². The molecule has 0 spiro atoms. The van der Waals surface area contributed by atoms with Crippen LogP contribution in [0.4, 0.5) is 0 Å². The molecule has 1 aliphatic rings. The third kappa shape index (κ3) is 2.55. The van der Waals surface area contributed by atoms with Gasteiger partial charge in [-0.1, -0.05) is 31.9 Å². The van der Waals surface area contributed by atoms with Crippen molar-refractivity contribution in [3.8, 4) is 0 Å². The topological polar surface area (TPSA) is 46.2 Å². The van der Waals surface area contributed by atoms with Gasteiger partial charge in [-0.05, 0) is 6.42 Å². The van der Waals surface area contributed by atoms with Gasteiger partial charge in [0.05, 0.1) is 0 Å². The molecule has 2 atom stereocenters. The van der Waals surface area contributed by atoms with E-state index < -0.39 is 0 Å². The predicted molar refractivity (Wildman–Crippen MR) is 52.4 cm³/mol. The highest BCUT2D eigenvalue weighted by Gasteiger charge is 2.31. The Kier molecular flexibility index (Phi) is 3.71. The Bertz CT molecular complexity index is 208. The fourth-order valence-electron chi connectivity index (χ4n) is 1.17. The van der Waals surface area contributed by atoms with Gasteiger partial charge in [-0.2, -0.15) is 0 Å². The van der Waals surface area contributed by atoms with Crippen molar-refractivity contribution < 1.29 is 9.59 Å². The normalized spacial score (nSPS) is 25.7. The molecule has 0 aromatic heterocycles. The van der Waals surface area contributed by atoms with Crippen molar-refractivity contribution in [1.29, 1.82) is 0 Å². The maximum Gasteiger partial charge on any atom is 0.230 e. The van der Waals surface area contributed by atoms with Crippen molar-refractivity contribution in [1.82, 2.24) is 5.32 Å². The van der Waals surface area contributed by atoms with Gasteiger partial charge in [-0.3, -0.25) is 14.9 Å². The minimum atomic E-state index is -0.153. The lowest BCUT2D eigenvalue weighted by Crippen LogP contribution is -2.23. The van der Waals surface area contributed by atoms with Gasteiger partial charge in [0.15, 0.2) is 0 Å². The number of rotatable bonds is 3. The number of amides is 2. The molecule has 1 saturated heterocycles. The Balaban J connectivity index is 2.43. The minimum Gasteiger partial charge on any atom is -0.296 e. The maximum atomic E-state index is 11.1. The zero-order valence-corrected chi connectivity index (χ0v) is 9.52. The minimum absolute atomic E-state index is 0.134. The summed E-state index contributed by atoms with van der Waals surface area (Å²) in [7, 11) is 0. The van der Waals surface area contributed by atoms with Gasteiger partial charge >= 0.3 is 0 Å². The average Bonchev–Trinajstić information content (AvgIpc) is 2.30. The third-order valence-electron chi connectivity index (χ3n) is 1.77. The second-order valence-corrected chi connectivity index (χ2v) is 4.74. The van der Waals surface area contributed by atoms with Crippen molar-refractivity contribution in [3.63, 3.8) is 0 Å². The molecule has 0 aromatic rings. The molecule has 0 radical (unpaired) electrons. The smallest absolute Gasteiger partial charge is 0.230 e. The fourth-order valence-corrected chi connectivity index (χ4v) is 1.88. The van der Waals surface area contributed by atoms with Crippen LogP contribution in [0.25, 0.3) is 0 Å². The van der Waals surface area contributed by atoms with Crippen molar-refractivity contribution >= 4 is 43.7 Å². The van der Waals surface area contributed by atoms with Crippen LogP contribution in [0, 0.1) is 5.92 Å². The van der Waals surface area contributed by atoms with Gasteiger partial charge < -0.3 is 0 Å². The number of hydrogen-bond acceptors (Lipinski definition) is 2. The Hall–Kier alpha value is 0.1000. The molecule has 68 valence electrons. The summed E-state index contributed by atoms with van der Waals surface area (Å²) in [5.41, 5.74) is 0. The highest BCUT2D eigenvalue weighted by molar-refractivity contribution is 9.12. The van der Waals surface area contributed by atoms with Crippen molar-refractivity contribution in [2.75, 3.05) is 5.33 Å². The summed E-state index contributed by atoms with van der Waals surface area (Å²) in [5, 5.41) is 3.08. The first-order valence-corrected chi connectivity index (χ1v) is 5.71. The molecule has 1 rings (SSSR count). The lowest BCUT2D eigenvalue weighted by Gasteiger charge is -2.08. The van der Waals surface area contributed by atoms with Crippen LogP contribution >= 0.6 is 31.9 Å². The zero-order valence-electron chi connectivity index (χ0n) is 6.35. The standard InChI is InChI=1S/C7H9Br2NO2/c8-3-5(9)1-4-2-6(11)10-7(4)12/h4-5H,1-3H2,(H,10,11,12). The SMILES string of the molecule is O=C1CC(CC(Br)CBr)C(=O)N1. The van der Waals surface area contributed by atoms with E-state index in [-0.39, 0.29) is 22.6 Å². The number of imide groups is 1. The fraction of sp³-hybridized carbons (Fsp3) is 0.714. The molecule has 0 aliphatic carbocycles. The van der Waals surface area contributed by atoms with Crippen LogP contribution in [-0.4, -0.2) is 22.0 Å². The van der Waals surface area contributed by atoms with E-state index in [2.05, 4.69) is 37.2 Å². The molecule has 2 unspecified atom stereocenters.